The van der Waals surface area contributed by atoms with Gasteiger partial charge in [-0.2, -0.15) is 0 Å². The first-order valence-corrected chi connectivity index (χ1v) is 10.4. The molecule has 1 atom stereocenters. The SMILES string of the molecule is CCOc1ccc(C2CCCN2C(=O)/C=C/c2cn(Cc3ccccc3)nn2)cc1. The van der Waals surface area contributed by atoms with E-state index >= 15 is 0 Å². The molecule has 4 rings (SSSR count). The van der Waals surface area contributed by atoms with Gasteiger partial charge < -0.3 is 9.64 Å². The maximum Gasteiger partial charge on any atom is 0.247 e. The number of benzene rings is 2. The Morgan fingerprint density at radius 2 is 1.97 bits per heavy atom. The Hall–Kier alpha value is -3.41. The third-order valence-corrected chi connectivity index (χ3v) is 5.25. The summed E-state index contributed by atoms with van der Waals surface area (Å²) >= 11 is 0. The second-order valence-electron chi connectivity index (χ2n) is 7.35. The number of ether oxygens (including phenoxy) is 1. The van der Waals surface area contributed by atoms with E-state index in [1.165, 1.54) is 0 Å². The van der Waals surface area contributed by atoms with Gasteiger partial charge in [-0.05, 0) is 49.1 Å². The summed E-state index contributed by atoms with van der Waals surface area (Å²) < 4.78 is 7.29. The van der Waals surface area contributed by atoms with Crippen LogP contribution < -0.4 is 4.74 Å². The molecule has 3 aromatic rings. The van der Waals surface area contributed by atoms with Crippen molar-refractivity contribution in [3.05, 3.63) is 83.7 Å². The number of hydrogen-bond acceptors (Lipinski definition) is 4. The van der Waals surface area contributed by atoms with Gasteiger partial charge in [-0.1, -0.05) is 47.7 Å². The van der Waals surface area contributed by atoms with Gasteiger partial charge in [-0.3, -0.25) is 4.79 Å². The molecule has 0 N–H and O–H groups in total. The van der Waals surface area contributed by atoms with Crippen molar-refractivity contribution in [2.75, 3.05) is 13.2 Å². The van der Waals surface area contributed by atoms with Crippen LogP contribution in [0.5, 0.6) is 5.75 Å². The first-order chi connectivity index (χ1) is 14.7. The number of carbonyl (C=O) groups excluding carboxylic acids is 1. The monoisotopic (exact) mass is 402 g/mol. The molecule has 1 unspecified atom stereocenters. The Morgan fingerprint density at radius 1 is 1.17 bits per heavy atom. The second-order valence-corrected chi connectivity index (χ2v) is 7.35. The zero-order valence-corrected chi connectivity index (χ0v) is 17.1. The van der Waals surface area contributed by atoms with Crippen LogP contribution in [-0.2, 0) is 11.3 Å². The molecule has 6 heteroatoms. The zero-order chi connectivity index (χ0) is 20.8. The Balaban J connectivity index is 1.39. The van der Waals surface area contributed by atoms with Gasteiger partial charge in [0.15, 0.2) is 0 Å². The summed E-state index contributed by atoms with van der Waals surface area (Å²) in [5.74, 6) is 0.861. The molecule has 0 aliphatic carbocycles. The van der Waals surface area contributed by atoms with E-state index in [0.717, 1.165) is 36.3 Å². The van der Waals surface area contributed by atoms with E-state index in [4.69, 9.17) is 4.74 Å². The Labute approximate surface area is 176 Å². The molecule has 2 aromatic carbocycles. The molecule has 30 heavy (non-hydrogen) atoms. The third kappa shape index (κ3) is 4.76. The van der Waals surface area contributed by atoms with Crippen LogP contribution in [0, 0.1) is 0 Å². The highest BCUT2D eigenvalue weighted by atomic mass is 16.5. The van der Waals surface area contributed by atoms with Gasteiger partial charge in [0.2, 0.25) is 5.91 Å². The van der Waals surface area contributed by atoms with Crippen LogP contribution in [0.3, 0.4) is 0 Å². The summed E-state index contributed by atoms with van der Waals surface area (Å²) in [5, 5.41) is 8.31. The molecule has 1 saturated heterocycles. The average molecular weight is 402 g/mol. The summed E-state index contributed by atoms with van der Waals surface area (Å²) in [6.45, 7) is 4.04. The fraction of sp³-hybridized carbons (Fsp3) is 0.292. The normalized spacial score (nSPS) is 16.3. The summed E-state index contributed by atoms with van der Waals surface area (Å²) in [4.78, 5) is 14.8. The number of carbonyl (C=O) groups is 1. The average Bonchev–Trinajstić information content (AvgIpc) is 3.43. The van der Waals surface area contributed by atoms with Crippen LogP contribution in [0.25, 0.3) is 6.08 Å². The molecular formula is C24H26N4O2. The maximum absolute atomic E-state index is 12.8. The van der Waals surface area contributed by atoms with E-state index in [9.17, 15) is 4.79 Å². The summed E-state index contributed by atoms with van der Waals surface area (Å²) in [7, 11) is 0. The van der Waals surface area contributed by atoms with Crippen LogP contribution in [0.2, 0.25) is 0 Å². The fourth-order valence-electron chi connectivity index (χ4n) is 3.82. The van der Waals surface area contributed by atoms with Crippen LogP contribution in [0.4, 0.5) is 0 Å². The minimum absolute atomic E-state index is 0.00370. The van der Waals surface area contributed by atoms with Gasteiger partial charge in [0, 0.05) is 12.6 Å². The van der Waals surface area contributed by atoms with Crippen molar-refractivity contribution in [1.82, 2.24) is 19.9 Å². The molecule has 1 fully saturated rings. The van der Waals surface area contributed by atoms with Gasteiger partial charge >= 0.3 is 0 Å². The van der Waals surface area contributed by atoms with E-state index in [1.54, 1.807) is 16.8 Å². The lowest BCUT2D eigenvalue weighted by Gasteiger charge is -2.24. The smallest absolute Gasteiger partial charge is 0.247 e. The first kappa shape index (κ1) is 19.9. The largest absolute Gasteiger partial charge is 0.494 e. The zero-order valence-electron chi connectivity index (χ0n) is 17.1. The highest BCUT2D eigenvalue weighted by Gasteiger charge is 2.28. The van der Waals surface area contributed by atoms with E-state index in [1.807, 2.05) is 48.4 Å². The fourth-order valence-corrected chi connectivity index (χ4v) is 3.82. The minimum Gasteiger partial charge on any atom is -0.494 e. The molecule has 0 bridgehead atoms. The number of likely N-dealkylation sites (tertiary alicyclic amines) is 1. The van der Waals surface area contributed by atoms with Crippen molar-refractivity contribution in [1.29, 1.82) is 0 Å². The number of nitrogens with zero attached hydrogens (tertiary/aromatic N) is 4. The molecule has 1 aliphatic rings. The minimum atomic E-state index is 0.00370. The van der Waals surface area contributed by atoms with Crippen molar-refractivity contribution in [3.8, 4) is 5.75 Å². The van der Waals surface area contributed by atoms with E-state index in [-0.39, 0.29) is 11.9 Å². The summed E-state index contributed by atoms with van der Waals surface area (Å²) in [6, 6.07) is 18.3. The molecule has 0 radical (unpaired) electrons. The molecule has 1 amide bonds. The molecule has 0 saturated carbocycles. The summed E-state index contributed by atoms with van der Waals surface area (Å²) in [6.07, 6.45) is 7.17. The quantitative estimate of drug-likeness (QED) is 0.558. The Bertz CT molecular complexity index is 996. The standard InChI is InChI=1S/C24H26N4O2/c1-2-30-22-13-10-20(11-14-22)23-9-6-16-28(23)24(29)15-12-21-18-27(26-25-21)17-19-7-4-3-5-8-19/h3-5,7-8,10-15,18,23H,2,6,9,16-17H2,1H3/b15-12+. The van der Waals surface area contributed by atoms with Gasteiger partial charge in [-0.25, -0.2) is 4.68 Å². The molecule has 0 spiro atoms. The van der Waals surface area contributed by atoms with Crippen molar-refractivity contribution in [2.45, 2.75) is 32.4 Å². The highest BCUT2D eigenvalue weighted by molar-refractivity contribution is 5.92. The van der Waals surface area contributed by atoms with E-state index in [2.05, 4.69) is 34.6 Å². The van der Waals surface area contributed by atoms with Gasteiger partial charge in [0.05, 0.1) is 25.4 Å². The number of hydrogen-bond donors (Lipinski definition) is 0. The molecule has 6 nitrogen and oxygen atoms in total. The predicted molar refractivity (Wildman–Crippen MR) is 116 cm³/mol. The van der Waals surface area contributed by atoms with Gasteiger partial charge in [-0.15, -0.1) is 5.10 Å². The van der Waals surface area contributed by atoms with Crippen molar-refractivity contribution < 1.29 is 9.53 Å². The van der Waals surface area contributed by atoms with Crippen molar-refractivity contribution in [3.63, 3.8) is 0 Å². The number of amides is 1. The lowest BCUT2D eigenvalue weighted by atomic mass is 10.0. The van der Waals surface area contributed by atoms with E-state index in [0.29, 0.717) is 18.8 Å². The second kappa shape index (κ2) is 9.39. The maximum atomic E-state index is 12.8. The third-order valence-electron chi connectivity index (χ3n) is 5.25. The number of aromatic nitrogens is 3. The molecule has 2 heterocycles. The van der Waals surface area contributed by atoms with Crippen LogP contribution >= 0.6 is 0 Å². The molecule has 1 aliphatic heterocycles. The Kier molecular flexibility index (Phi) is 6.23. The predicted octanol–water partition coefficient (Wildman–Crippen LogP) is 4.10. The van der Waals surface area contributed by atoms with Gasteiger partial charge in [0.25, 0.3) is 0 Å². The van der Waals surface area contributed by atoms with Crippen molar-refractivity contribution in [2.24, 2.45) is 0 Å². The first-order valence-electron chi connectivity index (χ1n) is 10.4. The van der Waals surface area contributed by atoms with E-state index < -0.39 is 0 Å². The van der Waals surface area contributed by atoms with Gasteiger partial charge in [0.1, 0.15) is 11.4 Å². The van der Waals surface area contributed by atoms with Crippen LogP contribution in [-0.4, -0.2) is 39.0 Å². The number of rotatable bonds is 7. The lowest BCUT2D eigenvalue weighted by Crippen LogP contribution is -2.28. The molecular weight excluding hydrogens is 376 g/mol. The topological polar surface area (TPSA) is 60.2 Å². The Morgan fingerprint density at radius 3 is 2.73 bits per heavy atom. The summed E-state index contributed by atoms with van der Waals surface area (Å²) in [5.41, 5.74) is 2.98. The molecule has 154 valence electrons. The van der Waals surface area contributed by atoms with Crippen LogP contribution in [0.15, 0.2) is 66.9 Å². The van der Waals surface area contributed by atoms with Crippen LogP contribution in [0.1, 0.15) is 42.6 Å². The molecule has 1 aromatic heterocycles. The highest BCUT2D eigenvalue weighted by Crippen LogP contribution is 2.33. The lowest BCUT2D eigenvalue weighted by molar-refractivity contribution is -0.126. The van der Waals surface area contributed by atoms with Crippen molar-refractivity contribution >= 4 is 12.0 Å².